The lowest BCUT2D eigenvalue weighted by Crippen LogP contribution is -1.98. The highest BCUT2D eigenvalue weighted by Gasteiger charge is 2.03. The van der Waals surface area contributed by atoms with E-state index in [4.69, 9.17) is 16.9 Å². The van der Waals surface area contributed by atoms with Gasteiger partial charge in [0.1, 0.15) is 11.2 Å². The SMILES string of the molecule is N#Cc1ccc(-n2cccn2)nc1Cl. The molecule has 0 atom stereocenters. The van der Waals surface area contributed by atoms with Crippen molar-refractivity contribution in [3.8, 4) is 11.9 Å². The second kappa shape index (κ2) is 3.48. The Kier molecular flexibility index (Phi) is 2.17. The van der Waals surface area contributed by atoms with E-state index < -0.39 is 0 Å². The summed E-state index contributed by atoms with van der Waals surface area (Å²) in [5, 5.41) is 12.8. The topological polar surface area (TPSA) is 54.5 Å². The molecule has 0 N–H and O–H groups in total. The molecule has 4 nitrogen and oxygen atoms in total. The predicted molar refractivity (Wildman–Crippen MR) is 51.1 cm³/mol. The lowest BCUT2D eigenvalue weighted by Gasteiger charge is -2.00. The molecule has 0 aromatic carbocycles. The monoisotopic (exact) mass is 204 g/mol. The molecule has 0 spiro atoms. The number of nitriles is 1. The van der Waals surface area contributed by atoms with Gasteiger partial charge in [-0.1, -0.05) is 11.6 Å². The summed E-state index contributed by atoms with van der Waals surface area (Å²) in [6.45, 7) is 0. The van der Waals surface area contributed by atoms with Crippen LogP contribution in [0.2, 0.25) is 5.15 Å². The van der Waals surface area contributed by atoms with Gasteiger partial charge in [0.15, 0.2) is 5.82 Å². The molecule has 0 radical (unpaired) electrons. The molecule has 0 fully saturated rings. The van der Waals surface area contributed by atoms with Gasteiger partial charge in [-0.05, 0) is 18.2 Å². The molecule has 2 aromatic heterocycles. The minimum atomic E-state index is 0.195. The average molecular weight is 205 g/mol. The molecule has 0 unspecified atom stereocenters. The number of rotatable bonds is 1. The maximum absolute atomic E-state index is 8.64. The third-order valence-corrected chi connectivity index (χ3v) is 1.98. The largest absolute Gasteiger partial charge is 0.223 e. The molecule has 2 rings (SSSR count). The molecule has 0 aliphatic carbocycles. The third kappa shape index (κ3) is 1.45. The molecule has 0 saturated carbocycles. The summed E-state index contributed by atoms with van der Waals surface area (Å²) in [5.74, 6) is 0.596. The van der Waals surface area contributed by atoms with Crippen molar-refractivity contribution < 1.29 is 0 Å². The zero-order valence-corrected chi connectivity index (χ0v) is 7.81. The molecule has 0 aliphatic heterocycles. The van der Waals surface area contributed by atoms with Crippen LogP contribution in [0, 0.1) is 11.3 Å². The first kappa shape index (κ1) is 8.73. The zero-order chi connectivity index (χ0) is 9.97. The maximum Gasteiger partial charge on any atom is 0.155 e. The van der Waals surface area contributed by atoms with E-state index in [0.717, 1.165) is 0 Å². The third-order valence-electron chi connectivity index (χ3n) is 1.69. The first-order valence-corrected chi connectivity index (χ1v) is 4.26. The molecule has 14 heavy (non-hydrogen) atoms. The van der Waals surface area contributed by atoms with E-state index in [1.165, 1.54) is 0 Å². The smallest absolute Gasteiger partial charge is 0.155 e. The van der Waals surface area contributed by atoms with Gasteiger partial charge in [0.25, 0.3) is 0 Å². The Bertz CT molecular complexity index is 484. The Morgan fingerprint density at radius 3 is 2.86 bits per heavy atom. The highest BCUT2D eigenvalue weighted by molar-refractivity contribution is 6.30. The first-order valence-electron chi connectivity index (χ1n) is 3.88. The van der Waals surface area contributed by atoms with Gasteiger partial charge in [-0.2, -0.15) is 10.4 Å². The van der Waals surface area contributed by atoms with Crippen LogP contribution in [0.5, 0.6) is 0 Å². The minimum absolute atomic E-state index is 0.195. The molecule has 68 valence electrons. The summed E-state index contributed by atoms with van der Waals surface area (Å²) in [7, 11) is 0. The van der Waals surface area contributed by atoms with E-state index in [1.807, 2.05) is 6.07 Å². The predicted octanol–water partition coefficient (Wildman–Crippen LogP) is 1.79. The second-order valence-corrected chi connectivity index (χ2v) is 2.93. The van der Waals surface area contributed by atoms with Crippen molar-refractivity contribution in [1.82, 2.24) is 14.8 Å². The summed E-state index contributed by atoms with van der Waals surface area (Å²) in [5.41, 5.74) is 0.363. The molecule has 0 bridgehead atoms. The number of pyridine rings is 1. The van der Waals surface area contributed by atoms with E-state index in [9.17, 15) is 0 Å². The van der Waals surface area contributed by atoms with Crippen molar-refractivity contribution in [2.75, 3.05) is 0 Å². The summed E-state index contributed by atoms with van der Waals surface area (Å²) in [6.07, 6.45) is 3.40. The van der Waals surface area contributed by atoms with Gasteiger partial charge in [0.2, 0.25) is 0 Å². The number of hydrogen-bond donors (Lipinski definition) is 0. The van der Waals surface area contributed by atoms with E-state index in [1.54, 1.807) is 35.3 Å². The molecule has 0 saturated heterocycles. The average Bonchev–Trinajstić information content (AvgIpc) is 2.70. The molecule has 0 amide bonds. The fourth-order valence-corrected chi connectivity index (χ4v) is 1.23. The standard InChI is InChI=1S/C9H5ClN4/c10-9-7(6-11)2-3-8(13-9)14-5-1-4-12-14/h1-5H. The van der Waals surface area contributed by atoms with Crippen LogP contribution in [0.15, 0.2) is 30.6 Å². The first-order chi connectivity index (χ1) is 6.81. The summed E-state index contributed by atoms with van der Waals surface area (Å²) in [6, 6.07) is 7.04. The summed E-state index contributed by atoms with van der Waals surface area (Å²) >= 11 is 5.77. The Labute approximate surface area is 85.4 Å². The van der Waals surface area contributed by atoms with Crippen molar-refractivity contribution in [1.29, 1.82) is 5.26 Å². The molecule has 2 aromatic rings. The lowest BCUT2D eigenvalue weighted by molar-refractivity contribution is 0.846. The molecular formula is C9H5ClN4. The van der Waals surface area contributed by atoms with Crippen molar-refractivity contribution in [3.63, 3.8) is 0 Å². The van der Waals surface area contributed by atoms with Gasteiger partial charge in [-0.25, -0.2) is 9.67 Å². The van der Waals surface area contributed by atoms with E-state index in [0.29, 0.717) is 11.4 Å². The Morgan fingerprint density at radius 1 is 1.43 bits per heavy atom. The van der Waals surface area contributed by atoms with E-state index >= 15 is 0 Å². The fraction of sp³-hybridized carbons (Fsp3) is 0. The number of nitrogens with zero attached hydrogens (tertiary/aromatic N) is 4. The van der Waals surface area contributed by atoms with Crippen molar-refractivity contribution in [2.45, 2.75) is 0 Å². The molecule has 5 heteroatoms. The van der Waals surface area contributed by atoms with Gasteiger partial charge in [0.05, 0.1) is 5.56 Å². The van der Waals surface area contributed by atoms with E-state index in [-0.39, 0.29) is 5.15 Å². The van der Waals surface area contributed by atoms with Crippen LogP contribution in [0.25, 0.3) is 5.82 Å². The van der Waals surface area contributed by atoms with Gasteiger partial charge >= 0.3 is 0 Å². The van der Waals surface area contributed by atoms with Gasteiger partial charge < -0.3 is 0 Å². The van der Waals surface area contributed by atoms with Crippen LogP contribution >= 0.6 is 11.6 Å². The summed E-state index contributed by atoms with van der Waals surface area (Å²) in [4.78, 5) is 4.03. The Hall–Kier alpha value is -1.86. The second-order valence-electron chi connectivity index (χ2n) is 2.57. The number of aromatic nitrogens is 3. The van der Waals surface area contributed by atoms with Crippen molar-refractivity contribution >= 4 is 11.6 Å². The molecule has 2 heterocycles. The van der Waals surface area contributed by atoms with Crippen LogP contribution in [0.1, 0.15) is 5.56 Å². The van der Waals surface area contributed by atoms with Crippen LogP contribution in [-0.4, -0.2) is 14.8 Å². The normalized spacial score (nSPS) is 9.71. The highest BCUT2D eigenvalue weighted by Crippen LogP contribution is 2.14. The van der Waals surface area contributed by atoms with Gasteiger partial charge in [-0.15, -0.1) is 0 Å². The van der Waals surface area contributed by atoms with Crippen LogP contribution in [0.4, 0.5) is 0 Å². The van der Waals surface area contributed by atoms with Crippen molar-refractivity contribution in [3.05, 3.63) is 41.3 Å². The van der Waals surface area contributed by atoms with E-state index in [2.05, 4.69) is 10.1 Å². The minimum Gasteiger partial charge on any atom is -0.223 e. The molecular weight excluding hydrogens is 200 g/mol. The van der Waals surface area contributed by atoms with Gasteiger partial charge in [0, 0.05) is 12.4 Å². The van der Waals surface area contributed by atoms with Crippen molar-refractivity contribution in [2.24, 2.45) is 0 Å². The quantitative estimate of drug-likeness (QED) is 0.666. The molecule has 0 aliphatic rings. The van der Waals surface area contributed by atoms with Crippen LogP contribution in [0.3, 0.4) is 0 Å². The number of halogens is 1. The highest BCUT2D eigenvalue weighted by atomic mass is 35.5. The fourth-order valence-electron chi connectivity index (χ4n) is 1.04. The Morgan fingerprint density at radius 2 is 2.29 bits per heavy atom. The van der Waals surface area contributed by atoms with Crippen LogP contribution < -0.4 is 0 Å². The summed E-state index contributed by atoms with van der Waals surface area (Å²) < 4.78 is 1.58. The van der Waals surface area contributed by atoms with Crippen LogP contribution in [-0.2, 0) is 0 Å². The van der Waals surface area contributed by atoms with Gasteiger partial charge in [-0.3, -0.25) is 0 Å². The Balaban J connectivity index is 2.49. The maximum atomic E-state index is 8.64. The number of hydrogen-bond acceptors (Lipinski definition) is 3. The lowest BCUT2D eigenvalue weighted by atomic mass is 10.3. The zero-order valence-electron chi connectivity index (χ0n) is 7.05.